The third-order valence-electron chi connectivity index (χ3n) is 8.91. The van der Waals surface area contributed by atoms with Gasteiger partial charge in [0.15, 0.2) is 23.2 Å². The first-order valence-corrected chi connectivity index (χ1v) is 19.3. The van der Waals surface area contributed by atoms with Crippen LogP contribution in [0, 0.1) is 17.6 Å². The molecule has 2 amide bonds. The van der Waals surface area contributed by atoms with Crippen LogP contribution in [-0.2, 0) is 22.9 Å². The summed E-state index contributed by atoms with van der Waals surface area (Å²) in [7, 11) is -2.76. The molecule has 1 aromatic carbocycles. The minimum Gasteiger partial charge on any atom is -0.465 e. The van der Waals surface area contributed by atoms with Crippen LogP contribution in [-0.4, -0.2) is 85.7 Å². The van der Waals surface area contributed by atoms with Gasteiger partial charge in [-0.1, -0.05) is 0 Å². The molecule has 0 radical (unpaired) electrons. The van der Waals surface area contributed by atoms with Crippen LogP contribution in [0.2, 0.25) is 0 Å². The molecule has 3 aromatic heterocycles. The molecule has 4 aromatic rings. The molecule has 20 heteroatoms. The van der Waals surface area contributed by atoms with Crippen molar-refractivity contribution in [2.24, 2.45) is 5.92 Å². The van der Waals surface area contributed by atoms with Gasteiger partial charge in [-0.3, -0.25) is 18.5 Å². The number of anilines is 2. The number of benzene rings is 1. The van der Waals surface area contributed by atoms with Crippen molar-refractivity contribution >= 4 is 53.5 Å². The second-order valence-corrected chi connectivity index (χ2v) is 16.7. The van der Waals surface area contributed by atoms with E-state index in [-0.39, 0.29) is 69.0 Å². The Labute approximate surface area is 315 Å². The van der Waals surface area contributed by atoms with Gasteiger partial charge in [0.2, 0.25) is 0 Å². The SMILES string of the molecule is CC(C)OP(=O)(OC(C)C)O[C@H](C)c1ncc(Oc2nc(N3C[C@H]4C[C@@H]3C[C@H]4NC(=O)OC(C)(C)C)c3c(n2)[nH]c2c(N(C)C(=O)O)cc(F)c(F)c23)cn1. The number of fused-ring (bicyclic) bond motifs is 5. The average Bonchev–Trinajstić information content (AvgIpc) is 3.77. The molecule has 1 saturated carbocycles. The van der Waals surface area contributed by atoms with Gasteiger partial charge in [0.25, 0.3) is 0 Å². The fourth-order valence-corrected chi connectivity index (χ4v) is 8.50. The van der Waals surface area contributed by atoms with Crippen LogP contribution in [0.5, 0.6) is 11.8 Å². The maximum absolute atomic E-state index is 15.8. The molecule has 6 rings (SSSR count). The lowest BCUT2D eigenvalue weighted by atomic mass is 10.0. The number of halogens is 2. The van der Waals surface area contributed by atoms with Crippen molar-refractivity contribution in [2.45, 2.75) is 104 Å². The first-order chi connectivity index (χ1) is 25.7. The molecule has 1 aliphatic carbocycles. The first kappa shape index (κ1) is 40.0. The fraction of sp³-hybridized carbons (Fsp3) is 0.543. The number of phosphoric ester groups is 1. The summed E-state index contributed by atoms with van der Waals surface area (Å²) in [5.74, 6) is -2.02. The number of alkyl carbamates (subject to hydrolysis) is 1. The van der Waals surface area contributed by atoms with Crippen molar-refractivity contribution in [1.29, 1.82) is 0 Å². The van der Waals surface area contributed by atoms with Crippen molar-refractivity contribution in [3.05, 3.63) is 35.9 Å². The molecule has 4 atom stereocenters. The number of piperidine rings is 1. The molecule has 4 heterocycles. The number of phosphoric acid groups is 1. The highest BCUT2D eigenvalue weighted by atomic mass is 31.2. The van der Waals surface area contributed by atoms with Gasteiger partial charge >= 0.3 is 26.0 Å². The number of carboxylic acid groups (broad SMARTS) is 1. The van der Waals surface area contributed by atoms with E-state index in [2.05, 4.69) is 30.2 Å². The van der Waals surface area contributed by atoms with E-state index in [9.17, 15) is 19.3 Å². The van der Waals surface area contributed by atoms with Gasteiger partial charge in [0.05, 0.1) is 46.6 Å². The summed E-state index contributed by atoms with van der Waals surface area (Å²) in [6, 6.07) is 0.234. The zero-order valence-corrected chi connectivity index (χ0v) is 32.8. The van der Waals surface area contributed by atoms with Gasteiger partial charge < -0.3 is 29.8 Å². The van der Waals surface area contributed by atoms with Crippen LogP contribution in [0.1, 0.15) is 80.2 Å². The quantitative estimate of drug-likeness (QED) is 0.118. The normalized spacial score (nSPS) is 19.1. The topological polar surface area (TPSA) is 203 Å². The van der Waals surface area contributed by atoms with E-state index in [0.29, 0.717) is 19.4 Å². The summed E-state index contributed by atoms with van der Waals surface area (Å²) in [4.78, 5) is 48.0. The number of rotatable bonds is 12. The molecule has 3 N–H and O–H groups in total. The van der Waals surface area contributed by atoms with Crippen molar-refractivity contribution in [1.82, 2.24) is 30.2 Å². The van der Waals surface area contributed by atoms with Crippen LogP contribution < -0.4 is 19.9 Å². The van der Waals surface area contributed by atoms with Crippen LogP contribution >= 0.6 is 7.82 Å². The van der Waals surface area contributed by atoms with Crippen LogP contribution in [0.3, 0.4) is 0 Å². The van der Waals surface area contributed by atoms with Crippen LogP contribution in [0.15, 0.2) is 18.5 Å². The Morgan fingerprint density at radius 2 is 1.69 bits per heavy atom. The third kappa shape index (κ3) is 8.59. The zero-order valence-electron chi connectivity index (χ0n) is 31.9. The van der Waals surface area contributed by atoms with Gasteiger partial charge in [0.1, 0.15) is 23.2 Å². The van der Waals surface area contributed by atoms with E-state index in [1.54, 1.807) is 55.4 Å². The number of amides is 2. The number of ether oxygens (including phenoxy) is 2. The summed E-state index contributed by atoms with van der Waals surface area (Å²) < 4.78 is 72.3. The number of H-pyrrole nitrogens is 1. The van der Waals surface area contributed by atoms with Gasteiger partial charge in [-0.05, 0) is 74.1 Å². The van der Waals surface area contributed by atoms with E-state index >= 15 is 8.78 Å². The molecule has 55 heavy (non-hydrogen) atoms. The molecular formula is C35H45F2N8O9P. The molecule has 2 fully saturated rings. The standard InChI is InChI=1S/C35H45F2N8O9P/c1-16(2)52-55(49,53-17(3)4)54-18(5)29-38-13-21(14-39-29)50-32-42-30-26(25-27(37)22(36)12-24(28(25)41-30)44(9)34(47)48)31(43-32)45-15-19-10-20(45)11-23(19)40-33(46)51-35(6,7)8/h12-14,16-20,23H,10-11,15H2,1-9H3,(H,40,46)(H,47,48)(H,41,42,43)/t18-,19-,20-,23-/m1/s1. The highest BCUT2D eigenvalue weighted by Gasteiger charge is 2.47. The Kier molecular flexibility index (Phi) is 11.0. The maximum Gasteiger partial charge on any atom is 0.475 e. The zero-order chi connectivity index (χ0) is 40.1. The summed E-state index contributed by atoms with van der Waals surface area (Å²) in [5, 5.41) is 12.6. The van der Waals surface area contributed by atoms with E-state index in [1.165, 1.54) is 19.4 Å². The van der Waals surface area contributed by atoms with Crippen molar-refractivity contribution in [2.75, 3.05) is 23.4 Å². The smallest absolute Gasteiger partial charge is 0.465 e. The van der Waals surface area contributed by atoms with E-state index < -0.39 is 55.6 Å². The number of aromatic amines is 1. The third-order valence-corrected chi connectivity index (χ3v) is 10.8. The largest absolute Gasteiger partial charge is 0.475 e. The molecule has 1 saturated heterocycles. The van der Waals surface area contributed by atoms with Gasteiger partial charge in [-0.25, -0.2) is 32.9 Å². The minimum atomic E-state index is -3.97. The number of carbonyl (C=O) groups excluding carboxylic acids is 1. The van der Waals surface area contributed by atoms with Crippen LogP contribution in [0.25, 0.3) is 21.9 Å². The number of nitrogens with zero attached hydrogens (tertiary/aromatic N) is 6. The average molecular weight is 791 g/mol. The summed E-state index contributed by atoms with van der Waals surface area (Å²) >= 11 is 0. The summed E-state index contributed by atoms with van der Waals surface area (Å²) in [6.07, 6.45) is 0.125. The van der Waals surface area contributed by atoms with Gasteiger partial charge in [-0.15, -0.1) is 0 Å². The Bertz CT molecular complexity index is 2130. The molecule has 17 nitrogen and oxygen atoms in total. The Balaban J connectivity index is 1.35. The Hall–Kier alpha value is -4.71. The number of carbonyl (C=O) groups is 2. The van der Waals surface area contributed by atoms with Crippen molar-refractivity contribution in [3.63, 3.8) is 0 Å². The second-order valence-electron chi connectivity index (χ2n) is 15.1. The molecule has 0 spiro atoms. The lowest BCUT2D eigenvalue weighted by molar-refractivity contribution is 0.0478. The number of hydrogen-bond donors (Lipinski definition) is 3. The Morgan fingerprint density at radius 3 is 2.25 bits per heavy atom. The Morgan fingerprint density at radius 1 is 1.04 bits per heavy atom. The predicted molar refractivity (Wildman–Crippen MR) is 196 cm³/mol. The molecule has 298 valence electrons. The highest BCUT2D eigenvalue weighted by Crippen LogP contribution is 2.54. The number of aromatic nitrogens is 5. The van der Waals surface area contributed by atoms with Gasteiger partial charge in [-0.2, -0.15) is 9.97 Å². The summed E-state index contributed by atoms with van der Waals surface area (Å²) in [6.45, 7) is 14.1. The molecule has 2 aliphatic rings. The first-order valence-electron chi connectivity index (χ1n) is 17.8. The molecule has 2 bridgehead atoms. The highest BCUT2D eigenvalue weighted by molar-refractivity contribution is 7.48. The monoisotopic (exact) mass is 790 g/mol. The predicted octanol–water partition coefficient (Wildman–Crippen LogP) is 7.61. The summed E-state index contributed by atoms with van der Waals surface area (Å²) in [5.41, 5.74) is -0.774. The lowest BCUT2D eigenvalue weighted by Gasteiger charge is -2.33. The van der Waals surface area contributed by atoms with E-state index in [0.717, 1.165) is 11.0 Å². The van der Waals surface area contributed by atoms with Crippen LogP contribution in [0.4, 0.5) is 29.9 Å². The molecule has 1 aliphatic heterocycles. The second kappa shape index (κ2) is 15.1. The van der Waals surface area contributed by atoms with E-state index in [4.69, 9.17) is 23.0 Å². The molecule has 0 unspecified atom stereocenters. The van der Waals surface area contributed by atoms with Crippen molar-refractivity contribution in [3.8, 4) is 11.8 Å². The number of nitrogens with one attached hydrogen (secondary N) is 2. The van der Waals surface area contributed by atoms with E-state index in [1.807, 2.05) is 4.90 Å². The fourth-order valence-electron chi connectivity index (χ4n) is 6.84. The number of hydrogen-bond acceptors (Lipinski definition) is 13. The van der Waals surface area contributed by atoms with Gasteiger partial charge in [0, 0.05) is 31.7 Å². The van der Waals surface area contributed by atoms with Crippen molar-refractivity contribution < 1.29 is 51.1 Å². The minimum absolute atomic E-state index is 0.0119. The molecular weight excluding hydrogens is 745 g/mol. The lowest BCUT2D eigenvalue weighted by Crippen LogP contribution is -2.47. The maximum atomic E-state index is 15.8.